The highest BCUT2D eigenvalue weighted by Crippen LogP contribution is 2.14. The van der Waals surface area contributed by atoms with Crippen molar-refractivity contribution in [3.05, 3.63) is 29.3 Å². The molecule has 0 spiro atoms. The van der Waals surface area contributed by atoms with E-state index in [1.54, 1.807) is 19.1 Å². The Morgan fingerprint density at radius 3 is 2.69 bits per heavy atom. The minimum Gasteiger partial charge on any atom is -0.478 e. The zero-order valence-corrected chi connectivity index (χ0v) is 7.07. The molecule has 68 valence electrons. The SMILES string of the molecule is Cc1cc(NC=O)ccc1C(=O)O. The summed E-state index contributed by atoms with van der Waals surface area (Å²) in [5.41, 5.74) is 1.47. The van der Waals surface area contributed by atoms with Crippen molar-refractivity contribution in [2.24, 2.45) is 0 Å². The molecular weight excluding hydrogens is 170 g/mol. The molecule has 0 aliphatic carbocycles. The zero-order valence-electron chi connectivity index (χ0n) is 7.07. The lowest BCUT2D eigenvalue weighted by Gasteiger charge is -2.03. The molecule has 0 aliphatic heterocycles. The Balaban J connectivity index is 3.05. The lowest BCUT2D eigenvalue weighted by Crippen LogP contribution is -2.01. The highest BCUT2D eigenvalue weighted by Gasteiger charge is 2.06. The zero-order chi connectivity index (χ0) is 9.84. The molecule has 0 atom stereocenters. The van der Waals surface area contributed by atoms with Crippen LogP contribution >= 0.6 is 0 Å². The Morgan fingerprint density at radius 2 is 2.23 bits per heavy atom. The number of benzene rings is 1. The predicted octanol–water partition coefficient (Wildman–Crippen LogP) is 1.26. The molecule has 0 radical (unpaired) electrons. The lowest BCUT2D eigenvalue weighted by atomic mass is 10.1. The van der Waals surface area contributed by atoms with Crippen LogP contribution in [0.1, 0.15) is 15.9 Å². The van der Waals surface area contributed by atoms with Gasteiger partial charge >= 0.3 is 5.97 Å². The van der Waals surface area contributed by atoms with E-state index in [4.69, 9.17) is 5.11 Å². The van der Waals surface area contributed by atoms with Gasteiger partial charge in [0.25, 0.3) is 0 Å². The van der Waals surface area contributed by atoms with Crippen molar-refractivity contribution in [1.82, 2.24) is 0 Å². The Labute approximate surface area is 75.2 Å². The average molecular weight is 179 g/mol. The van der Waals surface area contributed by atoms with Crippen LogP contribution in [0.15, 0.2) is 18.2 Å². The maximum Gasteiger partial charge on any atom is 0.335 e. The number of aromatic carboxylic acids is 1. The van der Waals surface area contributed by atoms with E-state index in [1.165, 1.54) is 6.07 Å². The molecule has 4 nitrogen and oxygen atoms in total. The Morgan fingerprint density at radius 1 is 1.54 bits per heavy atom. The third-order valence-corrected chi connectivity index (χ3v) is 1.68. The minimum atomic E-state index is -0.963. The van der Waals surface area contributed by atoms with Gasteiger partial charge in [-0.25, -0.2) is 4.79 Å². The second-order valence-electron chi connectivity index (χ2n) is 2.60. The second-order valence-corrected chi connectivity index (χ2v) is 2.60. The van der Waals surface area contributed by atoms with Crippen molar-refractivity contribution in [3.63, 3.8) is 0 Å². The maximum atomic E-state index is 10.6. The number of hydrogen-bond acceptors (Lipinski definition) is 2. The summed E-state index contributed by atoms with van der Waals surface area (Å²) in [5.74, 6) is -0.963. The van der Waals surface area contributed by atoms with E-state index >= 15 is 0 Å². The molecule has 1 rings (SSSR count). The molecule has 13 heavy (non-hydrogen) atoms. The minimum absolute atomic E-state index is 0.247. The molecule has 2 N–H and O–H groups in total. The van der Waals surface area contributed by atoms with Crippen molar-refractivity contribution < 1.29 is 14.7 Å². The maximum absolute atomic E-state index is 10.6. The van der Waals surface area contributed by atoms with Gasteiger partial charge in [0, 0.05) is 5.69 Å². The van der Waals surface area contributed by atoms with E-state index in [0.29, 0.717) is 17.7 Å². The van der Waals surface area contributed by atoms with E-state index in [2.05, 4.69) is 5.32 Å². The summed E-state index contributed by atoms with van der Waals surface area (Å²) < 4.78 is 0. The first-order chi connectivity index (χ1) is 6.15. The van der Waals surface area contributed by atoms with Crippen LogP contribution in [-0.4, -0.2) is 17.5 Å². The summed E-state index contributed by atoms with van der Waals surface area (Å²) in [6.45, 7) is 1.68. The summed E-state index contributed by atoms with van der Waals surface area (Å²) >= 11 is 0. The molecule has 0 saturated heterocycles. The number of amides is 1. The molecule has 0 aromatic heterocycles. The Hall–Kier alpha value is -1.84. The van der Waals surface area contributed by atoms with Crippen molar-refractivity contribution in [1.29, 1.82) is 0 Å². The molecule has 1 amide bonds. The molecule has 1 aromatic carbocycles. The molecule has 0 bridgehead atoms. The molecule has 0 heterocycles. The number of anilines is 1. The number of carboxylic acid groups (broad SMARTS) is 1. The van der Waals surface area contributed by atoms with Crippen molar-refractivity contribution >= 4 is 18.1 Å². The van der Waals surface area contributed by atoms with Crippen LogP contribution in [0.2, 0.25) is 0 Å². The lowest BCUT2D eigenvalue weighted by molar-refractivity contribution is -0.105. The van der Waals surface area contributed by atoms with Gasteiger partial charge < -0.3 is 10.4 Å². The van der Waals surface area contributed by atoms with Crippen molar-refractivity contribution in [2.45, 2.75) is 6.92 Å². The third-order valence-electron chi connectivity index (χ3n) is 1.68. The molecule has 1 aromatic rings. The Bertz CT molecular complexity index is 347. The molecule has 0 aliphatic rings. The number of rotatable bonds is 3. The van der Waals surface area contributed by atoms with Crippen molar-refractivity contribution in [2.75, 3.05) is 5.32 Å². The summed E-state index contributed by atoms with van der Waals surface area (Å²) in [6, 6.07) is 4.62. The monoisotopic (exact) mass is 179 g/mol. The first-order valence-electron chi connectivity index (χ1n) is 3.69. The van der Waals surface area contributed by atoms with Crippen molar-refractivity contribution in [3.8, 4) is 0 Å². The number of nitrogens with one attached hydrogen (secondary N) is 1. The second kappa shape index (κ2) is 3.71. The number of carbonyl (C=O) groups is 2. The van der Waals surface area contributed by atoms with E-state index in [0.717, 1.165) is 0 Å². The number of carboxylic acids is 1. The third kappa shape index (κ3) is 2.05. The summed E-state index contributed by atoms with van der Waals surface area (Å²) in [7, 11) is 0. The van der Waals surface area contributed by atoms with Gasteiger partial charge in [0.2, 0.25) is 6.41 Å². The molecule has 0 unspecified atom stereocenters. The van der Waals surface area contributed by atoms with Gasteiger partial charge in [0.15, 0.2) is 0 Å². The van der Waals surface area contributed by atoms with E-state index in [9.17, 15) is 9.59 Å². The average Bonchev–Trinajstić information content (AvgIpc) is 2.04. The van der Waals surface area contributed by atoms with Crippen LogP contribution in [0, 0.1) is 6.92 Å². The van der Waals surface area contributed by atoms with Crippen LogP contribution in [0.5, 0.6) is 0 Å². The summed E-state index contributed by atoms with van der Waals surface area (Å²) in [6.07, 6.45) is 0.551. The molecule has 4 heteroatoms. The van der Waals surface area contributed by atoms with Gasteiger partial charge in [-0.3, -0.25) is 4.79 Å². The summed E-state index contributed by atoms with van der Waals surface area (Å²) in [5, 5.41) is 11.1. The van der Waals surface area contributed by atoms with Crippen LogP contribution < -0.4 is 5.32 Å². The molecule has 0 fully saturated rings. The highest BCUT2D eigenvalue weighted by molar-refractivity contribution is 5.90. The standard InChI is InChI=1S/C9H9NO3/c1-6-4-7(10-5-11)2-3-8(6)9(12)13/h2-5H,1H3,(H,10,11)(H,12,13). The van der Waals surface area contributed by atoms with E-state index < -0.39 is 5.97 Å². The van der Waals surface area contributed by atoms with Crippen LogP contribution in [0.3, 0.4) is 0 Å². The fourth-order valence-electron chi connectivity index (χ4n) is 1.06. The largest absolute Gasteiger partial charge is 0.478 e. The molecule has 0 saturated carbocycles. The predicted molar refractivity (Wildman–Crippen MR) is 47.8 cm³/mol. The quantitative estimate of drug-likeness (QED) is 0.686. The van der Waals surface area contributed by atoms with Gasteiger partial charge in [-0.15, -0.1) is 0 Å². The van der Waals surface area contributed by atoms with Gasteiger partial charge in [-0.05, 0) is 30.7 Å². The fraction of sp³-hybridized carbons (Fsp3) is 0.111. The van der Waals surface area contributed by atoms with Crippen LogP contribution in [0.25, 0.3) is 0 Å². The highest BCUT2D eigenvalue weighted by atomic mass is 16.4. The first kappa shape index (κ1) is 9.25. The smallest absolute Gasteiger partial charge is 0.335 e. The molecular formula is C9H9NO3. The topological polar surface area (TPSA) is 66.4 Å². The van der Waals surface area contributed by atoms with Gasteiger partial charge in [-0.2, -0.15) is 0 Å². The number of hydrogen-bond donors (Lipinski definition) is 2. The van der Waals surface area contributed by atoms with E-state index in [1.807, 2.05) is 0 Å². The van der Waals surface area contributed by atoms with E-state index in [-0.39, 0.29) is 5.56 Å². The number of aryl methyl sites for hydroxylation is 1. The van der Waals surface area contributed by atoms with Gasteiger partial charge in [0.1, 0.15) is 0 Å². The normalized spacial score (nSPS) is 9.31. The summed E-state index contributed by atoms with van der Waals surface area (Å²) in [4.78, 5) is 20.7. The van der Waals surface area contributed by atoms with Gasteiger partial charge in [0.05, 0.1) is 5.56 Å². The number of carbonyl (C=O) groups excluding carboxylic acids is 1. The first-order valence-corrected chi connectivity index (χ1v) is 3.69. The van der Waals surface area contributed by atoms with Gasteiger partial charge in [-0.1, -0.05) is 0 Å². The fourth-order valence-corrected chi connectivity index (χ4v) is 1.06. The Kier molecular flexibility index (Phi) is 2.64. The van der Waals surface area contributed by atoms with Crippen LogP contribution in [0.4, 0.5) is 5.69 Å². The van der Waals surface area contributed by atoms with Crippen LogP contribution in [-0.2, 0) is 4.79 Å².